The standard InChI is InChI=1S/C23H27BrN2O3S.C19H19BrN2O2.C15H23BrClNOS.C11H14BrNOS.C8H4O2.C7H5BrO.C7H7ClO2S.C4H8Cl.C4H11NOS.BrH.ClH.K.Mg.H3N/c1-23(2,3)30(29)25-20(16-9-8-10-17(24)15-16)13-6-7-14-26-21(27)18-11-4-5-12-19(18)22(26)28;20-14-7-5-6-13(12-14)17(21)10-3-4-11-22-18(23)15-8-1-2-9-16(15)19(22)24;1-15(2,3)20(19)18-14(9-4-5-10-17)12-7-6-8-13(16)11-12;1-11(2,3)15(14)13-8-9-5-4-6-10(12)7-9;9-5-7-3-1-2-4-8(7)6-10;8-7-3-1-2-6(4-7)5-9;1-6-4-2-3-5-7(6)11(8,9)10;1-2-3-4-5;1-4(2,3)7(5)6;;;;;/h4-5,8-12,15,20,25H,6-7,13-14H2,1-3H3;1-2,5-9,12,17H,3-4,10-11,21H2;6-8,11,14,18H,4-5,9-10H2,1-3H3;4-8H,1-3H3;1-4H;1-5H;2-5H,1H3;1-4H2;5H2,1-3H3;2*1H;;;1H3/q;;;;-2;;;-1;;;;+1;+2;/p-1. The van der Waals surface area contributed by atoms with Crippen molar-refractivity contribution >= 4 is 251 Å². The van der Waals surface area contributed by atoms with Crippen molar-refractivity contribution in [2.24, 2.45) is 15.3 Å². The number of nitrogens with one attached hydrogen (secondary N) is 2. The van der Waals surface area contributed by atoms with E-state index in [2.05, 4.69) is 113 Å². The summed E-state index contributed by atoms with van der Waals surface area (Å²) in [4.78, 5) is 82.7. The average molecular weight is 2470 g/mol. The zero-order valence-electron chi connectivity index (χ0n) is 79.1. The maximum Gasteiger partial charge on any atom is 2.00 e. The number of carbonyl (C=O) groups is 5. The Hall–Kier alpha value is -3.27. The molecule has 2 aliphatic rings. The summed E-state index contributed by atoms with van der Waals surface area (Å²) in [5, 5.41) is 5.04. The van der Waals surface area contributed by atoms with Gasteiger partial charge in [0.15, 0.2) is 0 Å². The van der Waals surface area contributed by atoms with Crippen molar-refractivity contribution in [1.82, 2.24) is 25.4 Å². The summed E-state index contributed by atoms with van der Waals surface area (Å²) in [6.07, 6.45) is 15.4. The number of amides is 4. The van der Waals surface area contributed by atoms with Crippen molar-refractivity contribution in [1.29, 1.82) is 0 Å². The molecule has 0 bridgehead atoms. The van der Waals surface area contributed by atoms with Crippen LogP contribution < -0.4 is 94.8 Å². The van der Waals surface area contributed by atoms with Crippen molar-refractivity contribution in [3.05, 3.63) is 314 Å². The molecule has 136 heavy (non-hydrogen) atoms. The van der Waals surface area contributed by atoms with Gasteiger partial charge in [0.05, 0.1) is 79.1 Å². The Labute approximate surface area is 948 Å². The van der Waals surface area contributed by atoms with Gasteiger partial charge in [-0.15, -0.1) is 47.7 Å². The fraction of sp³-hybridized carbons (Fsp3) is 0.357. The first-order valence-corrected chi connectivity index (χ1v) is 53.7. The molecular formula is C98H122Br6Cl4KMgN8O13S5-. The van der Waals surface area contributed by atoms with Gasteiger partial charge in [-0.2, -0.15) is 10.8 Å². The molecule has 11 rings (SSSR count). The molecule has 0 spiro atoms. The number of alkyl halides is 2. The van der Waals surface area contributed by atoms with Gasteiger partial charge in [-0.25, -0.2) is 46.8 Å². The van der Waals surface area contributed by atoms with Crippen molar-refractivity contribution in [3.63, 3.8) is 0 Å². The molecule has 9 aromatic rings. The number of unbranched alkanes of at least 4 members (excludes halogenated alkanes) is 4. The Kier molecular flexibility index (Phi) is 71.7. The molecule has 9 aromatic carbocycles. The van der Waals surface area contributed by atoms with E-state index in [1.54, 1.807) is 117 Å². The number of rotatable bonds is 29. The Balaban J connectivity index is -0.00000152. The molecule has 0 saturated heterocycles. The number of aryl methyl sites for hydroxylation is 1. The predicted molar refractivity (Wildman–Crippen MR) is 578 cm³/mol. The smallest absolute Gasteiger partial charge is 1.00 e. The zero-order valence-corrected chi connectivity index (χ0v) is 100. The van der Waals surface area contributed by atoms with Crippen LogP contribution in [-0.2, 0) is 62.6 Å². The summed E-state index contributed by atoms with van der Waals surface area (Å²) in [6.45, 7) is 29.1. The number of hydrogen-bond donors (Lipinski definition) is 5. The number of halogens is 10. The first kappa shape index (κ1) is 137. The Morgan fingerprint density at radius 3 is 1.10 bits per heavy atom. The molecule has 2 aliphatic heterocycles. The van der Waals surface area contributed by atoms with Gasteiger partial charge in [0, 0.05) is 87.8 Å². The average Bonchev–Trinajstić information content (AvgIpc) is 1.64. The van der Waals surface area contributed by atoms with Crippen LogP contribution in [0, 0.1) is 13.8 Å². The molecule has 4 amide bonds. The van der Waals surface area contributed by atoms with Gasteiger partial charge in [0.1, 0.15) is 17.3 Å². The van der Waals surface area contributed by atoms with Gasteiger partial charge in [-0.05, 0) is 273 Å². The predicted octanol–water partition coefficient (Wildman–Crippen LogP) is 18.4. The van der Waals surface area contributed by atoms with Crippen LogP contribution in [0.2, 0.25) is 0 Å². The minimum atomic E-state index is -3.56. The van der Waals surface area contributed by atoms with E-state index in [0.717, 1.165) is 121 Å². The largest absolute Gasteiger partial charge is 2.00 e. The molecular weight excluding hydrogens is 2340 g/mol. The first-order valence-electron chi connectivity index (χ1n) is 41.7. The van der Waals surface area contributed by atoms with E-state index in [4.69, 9.17) is 44.8 Å². The molecule has 38 heteroatoms. The van der Waals surface area contributed by atoms with E-state index in [-0.39, 0.29) is 187 Å². The van der Waals surface area contributed by atoms with E-state index in [9.17, 15) is 58.8 Å². The van der Waals surface area contributed by atoms with E-state index in [1.165, 1.54) is 28.0 Å². The van der Waals surface area contributed by atoms with E-state index in [1.807, 2.05) is 180 Å². The van der Waals surface area contributed by atoms with Gasteiger partial charge < -0.3 is 45.4 Å². The molecule has 2 heterocycles. The van der Waals surface area contributed by atoms with Crippen LogP contribution >= 0.6 is 126 Å². The minimum absolute atomic E-state index is 0. The summed E-state index contributed by atoms with van der Waals surface area (Å²) < 4.78 is 83.0. The summed E-state index contributed by atoms with van der Waals surface area (Å²) in [7, 11) is -3.08. The fourth-order valence-electron chi connectivity index (χ4n) is 11.1. The normalized spacial score (nSPS) is 13.3. The third-order valence-electron chi connectivity index (χ3n) is 18.4. The van der Waals surface area contributed by atoms with Crippen LogP contribution in [-0.4, -0.2) is 151 Å². The first-order chi connectivity index (χ1) is 61.6. The maximum atomic E-state index is 12.7. The summed E-state index contributed by atoms with van der Waals surface area (Å²) in [6, 6.07) is 66.0. The Morgan fingerprint density at radius 1 is 0.478 bits per heavy atom. The molecule has 9 N–H and O–H groups in total. The second-order valence-corrected chi connectivity index (χ2v) is 48.9. The van der Waals surface area contributed by atoms with E-state index < -0.39 is 53.0 Å². The molecule has 0 aromatic heterocycles. The van der Waals surface area contributed by atoms with Crippen molar-refractivity contribution in [3.8, 4) is 0 Å². The molecule has 21 nitrogen and oxygen atoms in total. The molecule has 7 atom stereocenters. The summed E-state index contributed by atoms with van der Waals surface area (Å²) in [5.41, 5.74) is 14.3. The number of aldehydes is 1. The third kappa shape index (κ3) is 52.5. The topological polar surface area (TPSA) is 352 Å². The molecule has 736 valence electrons. The van der Waals surface area contributed by atoms with Crippen LogP contribution in [0.15, 0.2) is 250 Å². The Bertz CT molecular complexity index is 5360. The number of nitrogens with two attached hydrogens (primary N) is 2. The number of hydrogen-bond acceptors (Lipinski definition) is 15. The molecule has 0 radical (unpaired) electrons. The second-order valence-electron chi connectivity index (χ2n) is 33.2. The van der Waals surface area contributed by atoms with E-state index >= 15 is 0 Å². The number of carbonyl (C=O) groups excluding carboxylic acids is 7. The number of benzene rings is 9. The molecule has 0 fully saturated rings. The second kappa shape index (κ2) is 71.3. The SMILES string of the molecule is CC(C)(C)S(=O)N=Cc1cccc(Br)c1.CC(C)(C)S(=O)NC(CCCCCl)c1cccc(Br)c1.CC(C)(C)S(=O)NC(CCCCN1C(=O)c2ccccc2C1=O)c1cccc(Br)c1.CC(C)(C)S(N)=O.Cc1ccccc1S(=O)(=O)Cl.Cl.N.NC(CCCCN1C(=O)c2ccccc2C1=O)c1cccc(Br)c1.O=Cc1cccc(Br)c1.O=[C-]c1ccccc1[C-]=O.[Br-].[CH2-]CCCCl.[K+].[Mg+2]. The van der Waals surface area contributed by atoms with Gasteiger partial charge in [0.25, 0.3) is 32.7 Å². The van der Waals surface area contributed by atoms with E-state index in [0.29, 0.717) is 58.8 Å². The fourth-order valence-corrected chi connectivity index (χ4v) is 17.1. The zero-order chi connectivity index (χ0) is 98.4. The number of nitrogens with zero attached hydrogens (tertiary/aromatic N) is 3. The molecule has 0 saturated carbocycles. The van der Waals surface area contributed by atoms with Crippen LogP contribution in [0.1, 0.15) is 263 Å². The van der Waals surface area contributed by atoms with Crippen LogP contribution in [0.25, 0.3) is 0 Å². The molecule has 0 aliphatic carbocycles. The summed E-state index contributed by atoms with van der Waals surface area (Å²) in [5.74, 6) is 0.618. The summed E-state index contributed by atoms with van der Waals surface area (Å²) >= 11 is 28.1. The van der Waals surface area contributed by atoms with Crippen molar-refractivity contribution in [2.75, 3.05) is 24.8 Å². The van der Waals surface area contributed by atoms with Gasteiger partial charge >= 0.3 is 74.4 Å². The number of fused-ring (bicyclic) bond motifs is 2. The van der Waals surface area contributed by atoms with Gasteiger partial charge in [-0.1, -0.05) is 196 Å². The monoisotopic (exact) mass is 2460 g/mol. The van der Waals surface area contributed by atoms with Gasteiger partial charge in [-0.3, -0.25) is 50.0 Å². The van der Waals surface area contributed by atoms with Gasteiger partial charge in [0.2, 0.25) is 0 Å². The van der Waals surface area contributed by atoms with Crippen LogP contribution in [0.5, 0.6) is 0 Å². The maximum absolute atomic E-state index is 12.7. The van der Waals surface area contributed by atoms with Crippen LogP contribution in [0.4, 0.5) is 0 Å². The minimum Gasteiger partial charge on any atom is -1.00 e. The van der Waals surface area contributed by atoms with Crippen LogP contribution in [0.3, 0.4) is 0 Å². The quantitative estimate of drug-likeness (QED) is 0.00425. The third-order valence-corrected chi connectivity index (χ3v) is 28.7. The van der Waals surface area contributed by atoms with Crippen molar-refractivity contribution in [2.45, 2.75) is 203 Å². The molecule has 7 unspecified atom stereocenters. The van der Waals surface area contributed by atoms with Crippen molar-refractivity contribution < 1.29 is 127 Å². The number of imide groups is 2. The Morgan fingerprint density at radius 2 is 0.801 bits per heavy atom.